The Morgan fingerprint density at radius 1 is 1.00 bits per heavy atom. The first-order valence-electron chi connectivity index (χ1n) is 7.85. The zero-order valence-electron chi connectivity index (χ0n) is 13.6. The summed E-state index contributed by atoms with van der Waals surface area (Å²) in [7, 11) is 0. The van der Waals surface area contributed by atoms with E-state index in [0.717, 1.165) is 11.1 Å². The summed E-state index contributed by atoms with van der Waals surface area (Å²) >= 11 is 0. The SMILES string of the molecule is C[C@@H](C(=O)O)N(Cc1ccccc1)C(=O)[C@@H](N)Cc1ccccc1. The number of nitrogens with two attached hydrogens (primary N) is 1. The lowest BCUT2D eigenvalue weighted by Gasteiger charge is -2.29. The van der Waals surface area contributed by atoms with Crippen LogP contribution >= 0.6 is 0 Å². The maximum atomic E-state index is 12.7. The Kier molecular flexibility index (Phi) is 6.09. The predicted molar refractivity (Wildman–Crippen MR) is 92.2 cm³/mol. The molecule has 0 aliphatic carbocycles. The van der Waals surface area contributed by atoms with Crippen molar-refractivity contribution >= 4 is 11.9 Å². The van der Waals surface area contributed by atoms with Crippen LogP contribution in [0.15, 0.2) is 60.7 Å². The Bertz CT molecular complexity index is 674. The largest absolute Gasteiger partial charge is 0.480 e. The molecule has 0 bridgehead atoms. The molecule has 5 nitrogen and oxygen atoms in total. The van der Waals surface area contributed by atoms with Crippen molar-refractivity contribution < 1.29 is 14.7 Å². The standard InChI is InChI=1S/C19H22N2O3/c1-14(19(23)24)21(13-16-10-6-3-7-11-16)18(22)17(20)12-15-8-4-2-5-9-15/h2-11,14,17H,12-13,20H2,1H3,(H,23,24)/t14-,17-/m0/s1. The number of carboxylic acids is 1. The van der Waals surface area contributed by atoms with Gasteiger partial charge in [-0.2, -0.15) is 0 Å². The van der Waals surface area contributed by atoms with Crippen molar-refractivity contribution in [3.05, 3.63) is 71.8 Å². The molecule has 24 heavy (non-hydrogen) atoms. The highest BCUT2D eigenvalue weighted by atomic mass is 16.4. The number of aliphatic carboxylic acids is 1. The summed E-state index contributed by atoms with van der Waals surface area (Å²) in [6.45, 7) is 1.72. The second-order valence-electron chi connectivity index (χ2n) is 5.76. The fourth-order valence-corrected chi connectivity index (χ4v) is 2.49. The van der Waals surface area contributed by atoms with Gasteiger partial charge in [-0.3, -0.25) is 4.79 Å². The minimum absolute atomic E-state index is 0.218. The molecule has 0 radical (unpaired) electrons. The average molecular weight is 326 g/mol. The van der Waals surface area contributed by atoms with Gasteiger partial charge >= 0.3 is 5.97 Å². The molecule has 0 aromatic heterocycles. The topological polar surface area (TPSA) is 83.6 Å². The normalized spacial score (nSPS) is 13.1. The van der Waals surface area contributed by atoms with Gasteiger partial charge in [0.25, 0.3) is 0 Å². The summed E-state index contributed by atoms with van der Waals surface area (Å²) in [6.07, 6.45) is 0.372. The van der Waals surface area contributed by atoms with Gasteiger partial charge in [0.15, 0.2) is 0 Å². The first kappa shape index (κ1) is 17.7. The second kappa shape index (κ2) is 8.26. The molecule has 0 heterocycles. The van der Waals surface area contributed by atoms with Gasteiger partial charge in [0, 0.05) is 6.54 Å². The van der Waals surface area contributed by atoms with Crippen molar-refractivity contribution in [2.45, 2.75) is 32.0 Å². The molecule has 0 saturated carbocycles. The quantitative estimate of drug-likeness (QED) is 0.816. The van der Waals surface area contributed by atoms with Gasteiger partial charge in [0.1, 0.15) is 6.04 Å². The number of carboxylic acid groups (broad SMARTS) is 1. The van der Waals surface area contributed by atoms with Crippen LogP contribution in [0.25, 0.3) is 0 Å². The Morgan fingerprint density at radius 3 is 2.00 bits per heavy atom. The number of carbonyl (C=O) groups excluding carboxylic acids is 1. The zero-order valence-corrected chi connectivity index (χ0v) is 13.6. The summed E-state index contributed by atoms with van der Waals surface area (Å²) < 4.78 is 0. The van der Waals surface area contributed by atoms with E-state index in [9.17, 15) is 14.7 Å². The molecular formula is C19H22N2O3. The van der Waals surface area contributed by atoms with E-state index >= 15 is 0 Å². The smallest absolute Gasteiger partial charge is 0.326 e. The molecule has 0 aliphatic rings. The fraction of sp³-hybridized carbons (Fsp3) is 0.263. The molecule has 0 aliphatic heterocycles. The molecule has 2 aromatic rings. The maximum absolute atomic E-state index is 12.7. The van der Waals surface area contributed by atoms with Crippen LogP contribution in [0.4, 0.5) is 0 Å². The van der Waals surface area contributed by atoms with E-state index in [1.165, 1.54) is 11.8 Å². The number of carbonyl (C=O) groups is 2. The van der Waals surface area contributed by atoms with Gasteiger partial charge in [-0.05, 0) is 24.5 Å². The summed E-state index contributed by atoms with van der Waals surface area (Å²) in [5, 5.41) is 9.32. The number of benzene rings is 2. The van der Waals surface area contributed by atoms with E-state index in [0.29, 0.717) is 6.42 Å². The van der Waals surface area contributed by atoms with Gasteiger partial charge in [-0.1, -0.05) is 60.7 Å². The first-order valence-corrected chi connectivity index (χ1v) is 7.85. The van der Waals surface area contributed by atoms with Crippen molar-refractivity contribution in [3.8, 4) is 0 Å². The Labute approximate surface area is 141 Å². The molecule has 126 valence electrons. The molecule has 5 heteroatoms. The van der Waals surface area contributed by atoms with Crippen LogP contribution in [0.2, 0.25) is 0 Å². The Hall–Kier alpha value is -2.66. The average Bonchev–Trinajstić information content (AvgIpc) is 2.60. The van der Waals surface area contributed by atoms with Gasteiger partial charge in [0.2, 0.25) is 5.91 Å². The highest BCUT2D eigenvalue weighted by molar-refractivity contribution is 5.87. The minimum Gasteiger partial charge on any atom is -0.480 e. The van der Waals surface area contributed by atoms with Crippen molar-refractivity contribution in [2.24, 2.45) is 5.73 Å². The van der Waals surface area contributed by atoms with Crippen LogP contribution in [-0.4, -0.2) is 34.0 Å². The third-order valence-corrected chi connectivity index (χ3v) is 3.92. The highest BCUT2D eigenvalue weighted by Gasteiger charge is 2.29. The van der Waals surface area contributed by atoms with E-state index < -0.39 is 18.1 Å². The van der Waals surface area contributed by atoms with Crippen LogP contribution < -0.4 is 5.73 Å². The fourth-order valence-electron chi connectivity index (χ4n) is 2.49. The van der Waals surface area contributed by atoms with Crippen LogP contribution in [-0.2, 0) is 22.6 Å². The molecule has 1 amide bonds. The molecule has 2 aromatic carbocycles. The molecule has 3 N–H and O–H groups in total. The third-order valence-electron chi connectivity index (χ3n) is 3.92. The highest BCUT2D eigenvalue weighted by Crippen LogP contribution is 2.12. The lowest BCUT2D eigenvalue weighted by molar-refractivity contribution is -0.150. The van der Waals surface area contributed by atoms with Crippen molar-refractivity contribution in [3.63, 3.8) is 0 Å². The van der Waals surface area contributed by atoms with E-state index in [4.69, 9.17) is 5.73 Å². The molecule has 0 fully saturated rings. The van der Waals surface area contributed by atoms with E-state index in [-0.39, 0.29) is 12.5 Å². The maximum Gasteiger partial charge on any atom is 0.326 e. The summed E-state index contributed by atoms with van der Waals surface area (Å²) in [6, 6.07) is 17.0. The number of hydrogen-bond donors (Lipinski definition) is 2. The van der Waals surface area contributed by atoms with E-state index in [1.807, 2.05) is 60.7 Å². The van der Waals surface area contributed by atoms with Crippen LogP contribution in [0.3, 0.4) is 0 Å². The Balaban J connectivity index is 2.15. The number of rotatable bonds is 7. The van der Waals surface area contributed by atoms with Crippen LogP contribution in [0.5, 0.6) is 0 Å². The summed E-state index contributed by atoms with van der Waals surface area (Å²) in [5.41, 5.74) is 7.87. The lowest BCUT2D eigenvalue weighted by Crippen LogP contribution is -2.50. The van der Waals surface area contributed by atoms with Crippen LogP contribution in [0, 0.1) is 0 Å². The number of hydrogen-bond acceptors (Lipinski definition) is 3. The Morgan fingerprint density at radius 2 is 1.50 bits per heavy atom. The van der Waals surface area contributed by atoms with Gasteiger partial charge < -0.3 is 15.7 Å². The zero-order chi connectivity index (χ0) is 17.5. The minimum atomic E-state index is -1.05. The van der Waals surface area contributed by atoms with E-state index in [2.05, 4.69) is 0 Å². The van der Waals surface area contributed by atoms with Crippen molar-refractivity contribution in [2.75, 3.05) is 0 Å². The van der Waals surface area contributed by atoms with Crippen molar-refractivity contribution in [1.29, 1.82) is 0 Å². The van der Waals surface area contributed by atoms with Gasteiger partial charge in [-0.15, -0.1) is 0 Å². The van der Waals surface area contributed by atoms with Crippen LogP contribution in [0.1, 0.15) is 18.1 Å². The third kappa shape index (κ3) is 4.67. The molecule has 0 unspecified atom stereocenters. The van der Waals surface area contributed by atoms with Crippen molar-refractivity contribution in [1.82, 2.24) is 4.90 Å². The monoisotopic (exact) mass is 326 g/mol. The predicted octanol–water partition coefficient (Wildman–Crippen LogP) is 2.06. The summed E-state index contributed by atoms with van der Waals surface area (Å²) in [4.78, 5) is 25.4. The lowest BCUT2D eigenvalue weighted by atomic mass is 10.0. The number of amides is 1. The second-order valence-corrected chi connectivity index (χ2v) is 5.76. The molecule has 2 rings (SSSR count). The van der Waals surface area contributed by atoms with Gasteiger partial charge in [-0.25, -0.2) is 4.79 Å². The molecule has 2 atom stereocenters. The first-order chi connectivity index (χ1) is 11.5. The molecular weight excluding hydrogens is 304 g/mol. The number of nitrogens with zero attached hydrogens (tertiary/aromatic N) is 1. The molecule has 0 saturated heterocycles. The molecule has 0 spiro atoms. The van der Waals surface area contributed by atoms with E-state index in [1.54, 1.807) is 0 Å². The van der Waals surface area contributed by atoms with Gasteiger partial charge in [0.05, 0.1) is 6.04 Å². The summed E-state index contributed by atoms with van der Waals surface area (Å²) in [5.74, 6) is -1.41.